The molecule has 0 aliphatic heterocycles. The van der Waals surface area contributed by atoms with Crippen molar-refractivity contribution in [2.75, 3.05) is 24.5 Å². The third-order valence-corrected chi connectivity index (χ3v) is 6.48. The number of aryl methyl sites for hydroxylation is 3. The van der Waals surface area contributed by atoms with Crippen molar-refractivity contribution in [1.82, 2.24) is 34.5 Å². The Morgan fingerprint density at radius 2 is 1.92 bits per heavy atom. The van der Waals surface area contributed by atoms with Crippen LogP contribution in [0.2, 0.25) is 0 Å². The molecule has 3 aromatic heterocycles. The molecule has 0 fully saturated rings. The Labute approximate surface area is 210 Å². The number of nitrogens with zero attached hydrogens (tertiary/aromatic N) is 7. The predicted molar refractivity (Wildman–Crippen MR) is 141 cm³/mol. The van der Waals surface area contributed by atoms with Crippen molar-refractivity contribution < 1.29 is 4.79 Å². The van der Waals surface area contributed by atoms with Gasteiger partial charge in [0.1, 0.15) is 11.6 Å². The number of carbonyl (C=O) groups is 1. The minimum absolute atomic E-state index is 0.0709. The molecule has 9 nitrogen and oxygen atoms in total. The number of amides is 1. The van der Waals surface area contributed by atoms with Crippen LogP contribution in [0.5, 0.6) is 0 Å². The molecule has 0 aliphatic rings. The first kappa shape index (κ1) is 23.7. The number of para-hydroxylation sites is 1. The van der Waals surface area contributed by atoms with E-state index >= 15 is 0 Å². The van der Waals surface area contributed by atoms with E-state index in [2.05, 4.69) is 68.6 Å². The maximum Gasteiger partial charge on any atom is 0.258 e. The van der Waals surface area contributed by atoms with E-state index in [1.54, 1.807) is 4.52 Å². The van der Waals surface area contributed by atoms with Crippen LogP contribution in [-0.4, -0.2) is 54.7 Å². The average molecular weight is 485 g/mol. The fourth-order valence-electron chi connectivity index (χ4n) is 4.73. The summed E-state index contributed by atoms with van der Waals surface area (Å²) in [6, 6.07) is 16.6. The molecule has 0 atom stereocenters. The topological polar surface area (TPSA) is 92.7 Å². The van der Waals surface area contributed by atoms with Gasteiger partial charge < -0.3 is 10.2 Å². The highest BCUT2D eigenvalue weighted by Gasteiger charge is 2.17. The Balaban J connectivity index is 1.17. The molecule has 186 valence electrons. The van der Waals surface area contributed by atoms with Crippen LogP contribution < -0.4 is 10.2 Å². The smallest absolute Gasteiger partial charge is 0.258 e. The van der Waals surface area contributed by atoms with Gasteiger partial charge in [-0.05, 0) is 63.4 Å². The molecule has 0 radical (unpaired) electrons. The van der Waals surface area contributed by atoms with Crippen LogP contribution in [-0.2, 0) is 11.2 Å². The summed E-state index contributed by atoms with van der Waals surface area (Å²) < 4.78 is 3.77. The van der Waals surface area contributed by atoms with Gasteiger partial charge in [-0.3, -0.25) is 9.20 Å². The van der Waals surface area contributed by atoms with Crippen LogP contribution in [0, 0.1) is 13.8 Å². The van der Waals surface area contributed by atoms with Crippen LogP contribution in [0.4, 0.5) is 5.69 Å². The fraction of sp³-hybridized carbons (Fsp3) is 0.370. The molecule has 5 aromatic rings. The lowest BCUT2D eigenvalue weighted by Crippen LogP contribution is -2.29. The van der Waals surface area contributed by atoms with E-state index < -0.39 is 0 Å². The predicted octanol–water partition coefficient (Wildman–Crippen LogP) is 3.90. The molecular formula is C27H32N8O. The van der Waals surface area contributed by atoms with E-state index in [9.17, 15) is 4.79 Å². The maximum absolute atomic E-state index is 12.5. The number of rotatable bonds is 10. The molecule has 3 heterocycles. The summed E-state index contributed by atoms with van der Waals surface area (Å²) in [4.78, 5) is 19.4. The highest BCUT2D eigenvalue weighted by Crippen LogP contribution is 2.22. The van der Waals surface area contributed by atoms with Crippen molar-refractivity contribution in [1.29, 1.82) is 0 Å². The molecule has 2 aromatic carbocycles. The van der Waals surface area contributed by atoms with Crippen molar-refractivity contribution in [3.05, 3.63) is 65.7 Å². The zero-order valence-corrected chi connectivity index (χ0v) is 21.1. The quantitative estimate of drug-likeness (QED) is 0.302. The first-order valence-electron chi connectivity index (χ1n) is 12.6. The lowest BCUT2D eigenvalue weighted by Gasteiger charge is -2.23. The molecule has 0 spiro atoms. The van der Waals surface area contributed by atoms with Crippen LogP contribution >= 0.6 is 0 Å². The Hall–Kier alpha value is -4.01. The number of anilines is 1. The lowest BCUT2D eigenvalue weighted by atomic mass is 10.2. The van der Waals surface area contributed by atoms with Gasteiger partial charge in [-0.15, -0.1) is 15.3 Å². The number of aromatic nitrogens is 6. The summed E-state index contributed by atoms with van der Waals surface area (Å²) in [5.41, 5.74) is 4.26. The number of fused-ring (bicyclic) bond motifs is 6. The molecule has 36 heavy (non-hydrogen) atoms. The summed E-state index contributed by atoms with van der Waals surface area (Å²) in [5, 5.41) is 17.4. The van der Waals surface area contributed by atoms with Crippen LogP contribution in [0.1, 0.15) is 43.4 Å². The number of benzene rings is 2. The number of hydrogen-bond donors (Lipinski definition) is 1. The van der Waals surface area contributed by atoms with E-state index in [1.807, 2.05) is 35.6 Å². The maximum atomic E-state index is 12.5. The molecule has 1 amide bonds. The van der Waals surface area contributed by atoms with Crippen molar-refractivity contribution in [3.8, 4) is 0 Å². The highest BCUT2D eigenvalue weighted by molar-refractivity contribution is 5.93. The summed E-state index contributed by atoms with van der Waals surface area (Å²) in [6.45, 7) is 8.67. The number of carbonyl (C=O) groups excluding carboxylic acids is 1. The van der Waals surface area contributed by atoms with E-state index in [4.69, 9.17) is 0 Å². The third-order valence-electron chi connectivity index (χ3n) is 6.48. The van der Waals surface area contributed by atoms with Crippen molar-refractivity contribution >= 4 is 33.9 Å². The molecule has 0 bridgehead atoms. The van der Waals surface area contributed by atoms with Crippen LogP contribution in [0.15, 0.2) is 48.5 Å². The zero-order valence-electron chi connectivity index (χ0n) is 21.1. The molecule has 9 heteroatoms. The van der Waals surface area contributed by atoms with Gasteiger partial charge in [0.25, 0.3) is 5.78 Å². The standard InChI is InChI=1S/C27H32N8O/c1-4-33(21-11-7-10-19(2)18-21)17-9-16-28-25(36)15-8-14-24-30-31-27-34(24)23-13-6-5-12-22(23)26-29-20(3)32-35(26)27/h5-7,10-13,18H,4,8-9,14-17H2,1-3H3,(H,28,36). The van der Waals surface area contributed by atoms with Crippen LogP contribution in [0.3, 0.4) is 0 Å². The van der Waals surface area contributed by atoms with Gasteiger partial charge in [0.15, 0.2) is 5.65 Å². The molecule has 0 aliphatic carbocycles. The Morgan fingerprint density at radius 3 is 2.75 bits per heavy atom. The van der Waals surface area contributed by atoms with Gasteiger partial charge >= 0.3 is 0 Å². The van der Waals surface area contributed by atoms with Gasteiger partial charge in [0, 0.05) is 43.5 Å². The van der Waals surface area contributed by atoms with Crippen molar-refractivity contribution in [2.24, 2.45) is 0 Å². The van der Waals surface area contributed by atoms with Crippen molar-refractivity contribution in [3.63, 3.8) is 0 Å². The number of hydrogen-bond acceptors (Lipinski definition) is 6. The van der Waals surface area contributed by atoms with E-state index in [1.165, 1.54) is 11.3 Å². The third kappa shape index (κ3) is 4.73. The zero-order chi connectivity index (χ0) is 25.1. The SMILES string of the molecule is CCN(CCCNC(=O)CCCc1nnc2n3nc(C)nc3c3ccccc3n12)c1cccc(C)c1. The van der Waals surface area contributed by atoms with Gasteiger partial charge in [0.05, 0.1) is 5.52 Å². The fourth-order valence-corrected chi connectivity index (χ4v) is 4.73. The van der Waals surface area contributed by atoms with Gasteiger partial charge in [-0.1, -0.05) is 24.3 Å². The Bertz CT molecular complexity index is 1520. The molecule has 5 rings (SSSR count). The molecule has 0 saturated carbocycles. The first-order chi connectivity index (χ1) is 17.5. The second-order valence-electron chi connectivity index (χ2n) is 9.14. The first-order valence-corrected chi connectivity index (χ1v) is 12.6. The molecular weight excluding hydrogens is 452 g/mol. The largest absolute Gasteiger partial charge is 0.372 e. The summed E-state index contributed by atoms with van der Waals surface area (Å²) in [5.74, 6) is 2.22. The minimum atomic E-state index is 0.0709. The Kier molecular flexibility index (Phi) is 6.79. The second-order valence-corrected chi connectivity index (χ2v) is 9.14. The minimum Gasteiger partial charge on any atom is -0.372 e. The van der Waals surface area contributed by atoms with E-state index in [-0.39, 0.29) is 5.91 Å². The van der Waals surface area contributed by atoms with Gasteiger partial charge in [0.2, 0.25) is 5.91 Å². The van der Waals surface area contributed by atoms with Gasteiger partial charge in [-0.2, -0.15) is 4.52 Å². The van der Waals surface area contributed by atoms with Crippen LogP contribution in [0.25, 0.3) is 22.3 Å². The highest BCUT2D eigenvalue weighted by atomic mass is 16.1. The van der Waals surface area contributed by atoms with E-state index in [0.717, 1.165) is 41.9 Å². The van der Waals surface area contributed by atoms with Crippen molar-refractivity contribution in [2.45, 2.75) is 46.5 Å². The molecule has 0 unspecified atom stereocenters. The Morgan fingerprint density at radius 1 is 1.06 bits per heavy atom. The number of nitrogens with one attached hydrogen (secondary N) is 1. The normalized spacial score (nSPS) is 11.5. The van der Waals surface area contributed by atoms with E-state index in [0.29, 0.717) is 37.4 Å². The molecule has 0 saturated heterocycles. The lowest BCUT2D eigenvalue weighted by molar-refractivity contribution is -0.121. The molecule has 1 N–H and O–H groups in total. The second kappa shape index (κ2) is 10.3. The monoisotopic (exact) mass is 484 g/mol. The summed E-state index contributed by atoms with van der Waals surface area (Å²) in [6.07, 6.45) is 2.70. The summed E-state index contributed by atoms with van der Waals surface area (Å²) in [7, 11) is 0. The van der Waals surface area contributed by atoms with Gasteiger partial charge in [-0.25, -0.2) is 4.98 Å². The average Bonchev–Trinajstić information content (AvgIpc) is 3.48. The summed E-state index contributed by atoms with van der Waals surface area (Å²) >= 11 is 0.